The maximum Gasteiger partial charge on any atom is 0.345 e. The number of rotatable bonds is 4. The molecule has 0 aliphatic heterocycles. The molecular formula is C12H10N4O3S. The van der Waals surface area contributed by atoms with Crippen molar-refractivity contribution in [3.8, 4) is 5.82 Å². The first kappa shape index (κ1) is 12.7. The number of hydrogen-bond acceptors (Lipinski definition) is 6. The summed E-state index contributed by atoms with van der Waals surface area (Å²) in [6.45, 7) is 0.305. The van der Waals surface area contributed by atoms with E-state index in [-0.39, 0.29) is 4.88 Å². The number of nitrogens with zero attached hydrogens (tertiary/aromatic N) is 4. The van der Waals surface area contributed by atoms with E-state index >= 15 is 0 Å². The molecule has 0 aliphatic carbocycles. The molecule has 102 valence electrons. The number of carbonyl (C=O) groups is 1. The maximum absolute atomic E-state index is 11.1. The molecule has 0 atom stereocenters. The van der Waals surface area contributed by atoms with Crippen molar-refractivity contribution < 1.29 is 14.6 Å². The van der Waals surface area contributed by atoms with Gasteiger partial charge >= 0.3 is 5.97 Å². The molecule has 0 amide bonds. The third-order valence-electron chi connectivity index (χ3n) is 2.70. The molecule has 0 saturated carbocycles. The minimum Gasteiger partial charge on any atom is -0.477 e. The molecule has 0 spiro atoms. The summed E-state index contributed by atoms with van der Waals surface area (Å²) in [5.74, 6) is -0.418. The van der Waals surface area contributed by atoms with Gasteiger partial charge in [-0.05, 0) is 18.2 Å². The Morgan fingerprint density at radius 3 is 3.05 bits per heavy atom. The average molecular weight is 290 g/mol. The molecule has 0 aliphatic rings. The van der Waals surface area contributed by atoms with Crippen molar-refractivity contribution in [3.63, 3.8) is 0 Å². The quantitative estimate of drug-likeness (QED) is 0.787. The number of carboxylic acids is 1. The maximum atomic E-state index is 11.1. The molecule has 3 heterocycles. The van der Waals surface area contributed by atoms with Crippen LogP contribution in [0.15, 0.2) is 24.4 Å². The van der Waals surface area contributed by atoms with Gasteiger partial charge in [-0.15, -0.1) is 16.4 Å². The van der Waals surface area contributed by atoms with Gasteiger partial charge in [0, 0.05) is 18.7 Å². The highest BCUT2D eigenvalue weighted by Gasteiger charge is 2.18. The van der Waals surface area contributed by atoms with Crippen molar-refractivity contribution in [2.24, 2.45) is 0 Å². The normalized spacial score (nSPS) is 11.1. The molecule has 3 aromatic rings. The fourth-order valence-corrected chi connectivity index (χ4v) is 2.86. The second kappa shape index (κ2) is 4.99. The Bertz CT molecular complexity index is 766. The summed E-state index contributed by atoms with van der Waals surface area (Å²) in [6.07, 6.45) is 1.57. The largest absolute Gasteiger partial charge is 0.477 e. The second-order valence-corrected chi connectivity index (χ2v) is 5.04. The van der Waals surface area contributed by atoms with Crippen LogP contribution >= 0.6 is 11.3 Å². The molecule has 7 nitrogen and oxygen atoms in total. The molecule has 1 N–H and O–H groups in total. The molecule has 20 heavy (non-hydrogen) atoms. The Morgan fingerprint density at radius 2 is 2.40 bits per heavy atom. The van der Waals surface area contributed by atoms with Gasteiger partial charge in [-0.2, -0.15) is 10.2 Å². The van der Waals surface area contributed by atoms with Crippen molar-refractivity contribution in [1.82, 2.24) is 20.0 Å². The van der Waals surface area contributed by atoms with Crippen LogP contribution in [0.25, 0.3) is 16.0 Å². The van der Waals surface area contributed by atoms with Gasteiger partial charge in [0.2, 0.25) is 0 Å². The van der Waals surface area contributed by atoms with E-state index in [1.54, 1.807) is 36.2 Å². The number of fused-ring (bicyclic) bond motifs is 1. The summed E-state index contributed by atoms with van der Waals surface area (Å²) in [7, 11) is 1.57. The Balaban J connectivity index is 2.23. The molecule has 3 aromatic heterocycles. The minimum atomic E-state index is -0.958. The highest BCUT2D eigenvalue weighted by atomic mass is 32.1. The minimum absolute atomic E-state index is 0.257. The summed E-state index contributed by atoms with van der Waals surface area (Å²) in [5, 5.41) is 22.1. The Morgan fingerprint density at radius 1 is 1.55 bits per heavy atom. The van der Waals surface area contributed by atoms with Crippen LogP contribution in [0, 0.1) is 0 Å². The van der Waals surface area contributed by atoms with Crippen LogP contribution in [0.1, 0.15) is 15.4 Å². The lowest BCUT2D eigenvalue weighted by atomic mass is 10.3. The van der Waals surface area contributed by atoms with E-state index in [0.717, 1.165) is 21.6 Å². The van der Waals surface area contributed by atoms with E-state index in [2.05, 4.69) is 15.3 Å². The number of ether oxygens (including phenoxy) is 1. The molecule has 0 saturated heterocycles. The van der Waals surface area contributed by atoms with Gasteiger partial charge in [0.05, 0.1) is 12.3 Å². The number of hydrogen-bond donors (Lipinski definition) is 1. The highest BCUT2D eigenvalue weighted by molar-refractivity contribution is 7.20. The number of aromatic carboxylic acids is 1. The fourth-order valence-electron chi connectivity index (χ4n) is 1.88. The Hall–Kier alpha value is -2.32. The highest BCUT2D eigenvalue weighted by Crippen LogP contribution is 2.30. The van der Waals surface area contributed by atoms with Crippen molar-refractivity contribution in [2.75, 3.05) is 7.11 Å². The van der Waals surface area contributed by atoms with E-state index in [9.17, 15) is 4.79 Å². The van der Waals surface area contributed by atoms with Gasteiger partial charge in [0.1, 0.15) is 9.71 Å². The lowest BCUT2D eigenvalue weighted by Crippen LogP contribution is -2.01. The predicted molar refractivity (Wildman–Crippen MR) is 72.2 cm³/mol. The van der Waals surface area contributed by atoms with E-state index in [1.807, 2.05) is 0 Å². The van der Waals surface area contributed by atoms with Crippen LogP contribution in [0.4, 0.5) is 0 Å². The van der Waals surface area contributed by atoms with E-state index < -0.39 is 5.97 Å². The van der Waals surface area contributed by atoms with Gasteiger partial charge in [0.15, 0.2) is 5.82 Å². The lowest BCUT2D eigenvalue weighted by Gasteiger charge is -1.99. The molecule has 3 rings (SSSR count). The summed E-state index contributed by atoms with van der Waals surface area (Å²) >= 11 is 1.15. The van der Waals surface area contributed by atoms with Crippen LogP contribution in [0.3, 0.4) is 0 Å². The molecule has 0 aromatic carbocycles. The van der Waals surface area contributed by atoms with Crippen LogP contribution < -0.4 is 0 Å². The third kappa shape index (κ3) is 2.04. The zero-order valence-corrected chi connectivity index (χ0v) is 11.3. The van der Waals surface area contributed by atoms with Gasteiger partial charge in [-0.1, -0.05) is 0 Å². The fraction of sp³-hybridized carbons (Fsp3) is 0.167. The first-order valence-corrected chi connectivity index (χ1v) is 6.54. The Labute approximate surface area is 117 Å². The first-order chi connectivity index (χ1) is 9.70. The van der Waals surface area contributed by atoms with Gasteiger partial charge in [-0.25, -0.2) is 9.48 Å². The number of carboxylic acid groups (broad SMARTS) is 1. The Kier molecular flexibility index (Phi) is 3.17. The lowest BCUT2D eigenvalue weighted by molar-refractivity contribution is 0.0702. The number of methoxy groups -OCH3 is 1. The van der Waals surface area contributed by atoms with Crippen molar-refractivity contribution in [1.29, 1.82) is 0 Å². The number of thiophene rings is 1. The molecule has 8 heteroatoms. The summed E-state index contributed by atoms with van der Waals surface area (Å²) in [6, 6.07) is 5.12. The van der Waals surface area contributed by atoms with Crippen LogP contribution in [0.2, 0.25) is 0 Å². The third-order valence-corrected chi connectivity index (χ3v) is 3.80. The number of aromatic nitrogens is 4. The van der Waals surface area contributed by atoms with Crippen molar-refractivity contribution in [3.05, 3.63) is 35.0 Å². The van der Waals surface area contributed by atoms with Gasteiger partial charge in [-0.3, -0.25) is 0 Å². The van der Waals surface area contributed by atoms with E-state index in [4.69, 9.17) is 9.84 Å². The first-order valence-electron chi connectivity index (χ1n) is 5.72. The van der Waals surface area contributed by atoms with Crippen LogP contribution in [-0.4, -0.2) is 38.2 Å². The van der Waals surface area contributed by atoms with Crippen LogP contribution in [0.5, 0.6) is 0 Å². The summed E-state index contributed by atoms with van der Waals surface area (Å²) < 4.78 is 6.69. The van der Waals surface area contributed by atoms with Crippen molar-refractivity contribution in [2.45, 2.75) is 6.61 Å². The molecular weight excluding hydrogens is 280 g/mol. The van der Waals surface area contributed by atoms with E-state index in [0.29, 0.717) is 18.1 Å². The standard InChI is InChI=1S/C12H10N4O3S/c1-19-6-8-7-5-9(12(17)18)20-11(7)16(15-8)10-3-2-4-13-14-10/h2-5H,6H2,1H3,(H,17,18). The molecule has 0 radical (unpaired) electrons. The molecule has 0 fully saturated rings. The van der Waals surface area contributed by atoms with Crippen molar-refractivity contribution >= 4 is 27.5 Å². The average Bonchev–Trinajstić information content (AvgIpc) is 3.01. The topological polar surface area (TPSA) is 90.1 Å². The molecule has 0 bridgehead atoms. The smallest absolute Gasteiger partial charge is 0.345 e. The van der Waals surface area contributed by atoms with E-state index in [1.165, 1.54) is 0 Å². The zero-order valence-electron chi connectivity index (χ0n) is 10.5. The summed E-state index contributed by atoms with van der Waals surface area (Å²) in [5.41, 5.74) is 0.678. The zero-order chi connectivity index (χ0) is 14.1. The monoisotopic (exact) mass is 290 g/mol. The molecule has 0 unspecified atom stereocenters. The van der Waals surface area contributed by atoms with Gasteiger partial charge < -0.3 is 9.84 Å². The summed E-state index contributed by atoms with van der Waals surface area (Å²) in [4.78, 5) is 12.1. The second-order valence-electron chi connectivity index (χ2n) is 4.01. The predicted octanol–water partition coefficient (Wildman–Crippen LogP) is 1.72. The van der Waals surface area contributed by atoms with Gasteiger partial charge in [0.25, 0.3) is 0 Å². The SMILES string of the molecule is COCc1nn(-c2cccnn2)c2sc(C(=O)O)cc12. The van der Waals surface area contributed by atoms with Crippen LogP contribution in [-0.2, 0) is 11.3 Å².